The van der Waals surface area contributed by atoms with Gasteiger partial charge in [-0.25, -0.2) is 4.90 Å². The first-order valence-corrected chi connectivity index (χ1v) is 5.67. The summed E-state index contributed by atoms with van der Waals surface area (Å²) in [6.45, 7) is 0. The van der Waals surface area contributed by atoms with Gasteiger partial charge in [-0.15, -0.1) is 0 Å². The van der Waals surface area contributed by atoms with Gasteiger partial charge in [0.2, 0.25) is 0 Å². The van der Waals surface area contributed by atoms with Crippen molar-refractivity contribution in [3.05, 3.63) is 29.8 Å². The zero-order valence-electron chi connectivity index (χ0n) is 8.82. The van der Waals surface area contributed by atoms with Gasteiger partial charge in [0, 0.05) is 12.2 Å². The number of imide groups is 1. The van der Waals surface area contributed by atoms with Crippen LogP contribution in [0.3, 0.4) is 0 Å². The predicted molar refractivity (Wildman–Crippen MR) is 63.8 cm³/mol. The standard InChI is InChI=1S/C11H4N4O2S/c12-5-6-1-2-7(11-10(6)13-18-14-11)15-8(16)3-4-9(15)17/h1-4H. The van der Waals surface area contributed by atoms with Crippen LogP contribution < -0.4 is 4.90 Å². The van der Waals surface area contributed by atoms with Crippen LogP contribution in [0.2, 0.25) is 0 Å². The highest BCUT2D eigenvalue weighted by molar-refractivity contribution is 7.00. The average molecular weight is 256 g/mol. The normalized spacial score (nSPS) is 14.5. The lowest BCUT2D eigenvalue weighted by Crippen LogP contribution is -2.29. The van der Waals surface area contributed by atoms with Crippen molar-refractivity contribution in [3.63, 3.8) is 0 Å². The molecule has 6 nitrogen and oxygen atoms in total. The maximum absolute atomic E-state index is 11.6. The van der Waals surface area contributed by atoms with Crippen molar-refractivity contribution in [2.45, 2.75) is 0 Å². The van der Waals surface area contributed by atoms with E-state index in [1.165, 1.54) is 24.3 Å². The molecule has 0 fully saturated rings. The summed E-state index contributed by atoms with van der Waals surface area (Å²) in [7, 11) is 0. The van der Waals surface area contributed by atoms with Gasteiger partial charge in [0.15, 0.2) is 0 Å². The van der Waals surface area contributed by atoms with E-state index in [9.17, 15) is 9.59 Å². The second kappa shape index (κ2) is 3.72. The van der Waals surface area contributed by atoms with Crippen molar-refractivity contribution in [2.75, 3.05) is 4.90 Å². The molecule has 1 aliphatic rings. The molecule has 3 rings (SSSR count). The Hall–Kier alpha value is -2.59. The molecular formula is C11H4N4O2S. The summed E-state index contributed by atoms with van der Waals surface area (Å²) in [6.07, 6.45) is 2.40. The molecular weight excluding hydrogens is 252 g/mol. The fourth-order valence-electron chi connectivity index (χ4n) is 1.76. The number of carbonyl (C=O) groups excluding carboxylic acids is 2. The van der Waals surface area contributed by atoms with E-state index >= 15 is 0 Å². The summed E-state index contributed by atoms with van der Waals surface area (Å²) < 4.78 is 8.06. The number of rotatable bonds is 1. The number of nitriles is 1. The molecule has 0 N–H and O–H groups in total. The highest BCUT2D eigenvalue weighted by Gasteiger charge is 2.28. The Bertz CT molecular complexity index is 738. The second-order valence-corrected chi connectivity index (χ2v) is 4.08. The van der Waals surface area contributed by atoms with Crippen LogP contribution in [0.25, 0.3) is 11.0 Å². The Labute approximate surface area is 105 Å². The van der Waals surface area contributed by atoms with Crippen LogP contribution >= 0.6 is 11.7 Å². The molecule has 0 spiro atoms. The number of aromatic nitrogens is 2. The lowest BCUT2D eigenvalue weighted by atomic mass is 10.1. The summed E-state index contributed by atoms with van der Waals surface area (Å²) in [4.78, 5) is 24.2. The molecule has 1 aromatic heterocycles. The predicted octanol–water partition coefficient (Wildman–Crippen LogP) is 0.992. The smallest absolute Gasteiger partial charge is 0.258 e. The van der Waals surface area contributed by atoms with E-state index in [4.69, 9.17) is 5.26 Å². The van der Waals surface area contributed by atoms with Gasteiger partial charge < -0.3 is 0 Å². The number of amides is 2. The third-order valence-electron chi connectivity index (χ3n) is 2.56. The fraction of sp³-hybridized carbons (Fsp3) is 0. The summed E-state index contributed by atoms with van der Waals surface area (Å²) in [6, 6.07) is 5.06. The molecule has 0 bridgehead atoms. The Balaban J connectivity index is 2.26. The van der Waals surface area contributed by atoms with Gasteiger partial charge in [0.05, 0.1) is 23.0 Å². The van der Waals surface area contributed by atoms with E-state index in [0.29, 0.717) is 22.3 Å². The molecule has 0 atom stereocenters. The van der Waals surface area contributed by atoms with E-state index in [0.717, 1.165) is 16.6 Å². The minimum absolute atomic E-state index is 0.359. The molecule has 0 radical (unpaired) electrons. The van der Waals surface area contributed by atoms with Crippen molar-refractivity contribution in [2.24, 2.45) is 0 Å². The number of hydrogen-bond acceptors (Lipinski definition) is 6. The topological polar surface area (TPSA) is 87.0 Å². The molecule has 1 aliphatic heterocycles. The monoisotopic (exact) mass is 256 g/mol. The second-order valence-electron chi connectivity index (χ2n) is 3.55. The van der Waals surface area contributed by atoms with Crippen molar-refractivity contribution in [1.82, 2.24) is 8.75 Å². The van der Waals surface area contributed by atoms with Gasteiger partial charge in [-0.3, -0.25) is 9.59 Å². The largest absolute Gasteiger partial charge is 0.269 e. The van der Waals surface area contributed by atoms with Crippen LogP contribution in [0, 0.1) is 11.3 Å². The molecule has 7 heteroatoms. The summed E-state index contributed by atoms with van der Waals surface area (Å²) in [5.41, 5.74) is 1.53. The third-order valence-corrected chi connectivity index (χ3v) is 3.09. The van der Waals surface area contributed by atoms with Gasteiger partial charge in [-0.05, 0) is 12.1 Å². The van der Waals surface area contributed by atoms with E-state index in [1.807, 2.05) is 6.07 Å². The quantitative estimate of drug-likeness (QED) is 0.710. The van der Waals surface area contributed by atoms with E-state index in [1.54, 1.807) is 0 Å². The van der Waals surface area contributed by atoms with Gasteiger partial charge in [0.1, 0.15) is 17.1 Å². The maximum atomic E-state index is 11.6. The minimum atomic E-state index is -0.418. The fourth-order valence-corrected chi connectivity index (χ4v) is 2.33. The van der Waals surface area contributed by atoms with Crippen LogP contribution in [0.5, 0.6) is 0 Å². The third kappa shape index (κ3) is 1.33. The van der Waals surface area contributed by atoms with Crippen LogP contribution in [-0.2, 0) is 9.59 Å². The number of fused-ring (bicyclic) bond motifs is 1. The molecule has 86 valence electrons. The van der Waals surface area contributed by atoms with Crippen molar-refractivity contribution >= 4 is 40.3 Å². The zero-order valence-corrected chi connectivity index (χ0v) is 9.64. The first-order chi connectivity index (χ1) is 8.72. The van der Waals surface area contributed by atoms with Crippen molar-refractivity contribution in [3.8, 4) is 6.07 Å². The van der Waals surface area contributed by atoms with Crippen LogP contribution in [0.15, 0.2) is 24.3 Å². The number of nitrogens with zero attached hydrogens (tertiary/aromatic N) is 4. The molecule has 18 heavy (non-hydrogen) atoms. The molecule has 0 aliphatic carbocycles. The molecule has 0 saturated heterocycles. The Morgan fingerprint density at radius 1 is 1.11 bits per heavy atom. The molecule has 2 heterocycles. The van der Waals surface area contributed by atoms with Gasteiger partial charge in [-0.2, -0.15) is 14.0 Å². The first kappa shape index (κ1) is 10.6. The molecule has 2 aromatic rings. The molecule has 0 saturated carbocycles. The highest BCUT2D eigenvalue weighted by Crippen LogP contribution is 2.29. The van der Waals surface area contributed by atoms with Crippen LogP contribution in [0.1, 0.15) is 5.56 Å². The molecule has 2 amide bonds. The van der Waals surface area contributed by atoms with Gasteiger partial charge in [0.25, 0.3) is 11.8 Å². The maximum Gasteiger partial charge on any atom is 0.258 e. The summed E-state index contributed by atoms with van der Waals surface area (Å²) >= 11 is 0.937. The van der Waals surface area contributed by atoms with Gasteiger partial charge >= 0.3 is 0 Å². The number of hydrogen-bond donors (Lipinski definition) is 0. The summed E-state index contributed by atoms with van der Waals surface area (Å²) in [5, 5.41) is 8.94. The molecule has 0 unspecified atom stereocenters. The van der Waals surface area contributed by atoms with Gasteiger partial charge in [-0.1, -0.05) is 0 Å². The minimum Gasteiger partial charge on any atom is -0.269 e. The van der Waals surface area contributed by atoms with Crippen molar-refractivity contribution in [1.29, 1.82) is 5.26 Å². The first-order valence-electron chi connectivity index (χ1n) is 4.94. The van der Waals surface area contributed by atoms with E-state index < -0.39 is 11.8 Å². The van der Waals surface area contributed by atoms with Crippen molar-refractivity contribution < 1.29 is 9.59 Å². The van der Waals surface area contributed by atoms with Crippen LogP contribution in [-0.4, -0.2) is 20.6 Å². The van der Waals surface area contributed by atoms with E-state index in [2.05, 4.69) is 8.75 Å². The number of carbonyl (C=O) groups is 2. The van der Waals surface area contributed by atoms with Crippen LogP contribution in [0.4, 0.5) is 5.69 Å². The Morgan fingerprint density at radius 2 is 1.78 bits per heavy atom. The summed E-state index contributed by atoms with van der Waals surface area (Å²) in [5.74, 6) is -0.835. The average Bonchev–Trinajstić information content (AvgIpc) is 2.96. The molecule has 1 aromatic carbocycles. The lowest BCUT2D eigenvalue weighted by Gasteiger charge is -2.13. The van der Waals surface area contributed by atoms with E-state index in [-0.39, 0.29) is 0 Å². The number of anilines is 1. The Morgan fingerprint density at radius 3 is 2.44 bits per heavy atom. The zero-order chi connectivity index (χ0) is 12.7. The highest BCUT2D eigenvalue weighted by atomic mass is 32.1. The SMILES string of the molecule is N#Cc1ccc(N2C(=O)C=CC2=O)c2nsnc12. The Kier molecular flexibility index (Phi) is 2.18. The number of benzene rings is 1. The lowest BCUT2D eigenvalue weighted by molar-refractivity contribution is -0.119.